The molecule has 0 bridgehead atoms. The molecule has 0 fully saturated rings. The highest BCUT2D eigenvalue weighted by atomic mass is 14.8. The summed E-state index contributed by atoms with van der Waals surface area (Å²) in [6.07, 6.45) is 15.2. The minimum absolute atomic E-state index is 0.437. The van der Waals surface area contributed by atoms with Crippen molar-refractivity contribution in [1.29, 1.82) is 0 Å². The van der Waals surface area contributed by atoms with Crippen LogP contribution in [0.15, 0.2) is 65.6 Å². The highest BCUT2D eigenvalue weighted by Crippen LogP contribution is 2.30. The predicted molar refractivity (Wildman–Crippen MR) is 81.3 cm³/mol. The maximum absolute atomic E-state index is 4.61. The number of aromatic nitrogens is 2. The third kappa shape index (κ3) is 1.88. The van der Waals surface area contributed by atoms with Crippen molar-refractivity contribution in [3.8, 4) is 0 Å². The number of hydrogen-bond donors (Lipinski definition) is 0. The molecule has 3 nitrogen and oxygen atoms in total. The lowest BCUT2D eigenvalue weighted by Crippen LogP contribution is -2.09. The Kier molecular flexibility index (Phi) is 2.56. The summed E-state index contributed by atoms with van der Waals surface area (Å²) in [7, 11) is 0. The zero-order valence-electron chi connectivity index (χ0n) is 10.9. The average molecular weight is 259 g/mol. The van der Waals surface area contributed by atoms with Crippen molar-refractivity contribution < 1.29 is 0 Å². The van der Waals surface area contributed by atoms with Crippen molar-refractivity contribution in [1.82, 2.24) is 9.97 Å². The van der Waals surface area contributed by atoms with E-state index in [9.17, 15) is 0 Å². The van der Waals surface area contributed by atoms with Crippen LogP contribution < -0.4 is 0 Å². The van der Waals surface area contributed by atoms with Crippen molar-refractivity contribution in [2.24, 2.45) is 10.9 Å². The van der Waals surface area contributed by atoms with Gasteiger partial charge in [-0.1, -0.05) is 30.4 Å². The van der Waals surface area contributed by atoms with Crippen molar-refractivity contribution in [2.45, 2.75) is 6.42 Å². The molecule has 20 heavy (non-hydrogen) atoms. The van der Waals surface area contributed by atoms with E-state index in [1.165, 1.54) is 5.57 Å². The molecule has 0 N–H and O–H groups in total. The Labute approximate surface area is 117 Å². The van der Waals surface area contributed by atoms with Gasteiger partial charge < -0.3 is 0 Å². The van der Waals surface area contributed by atoms with Gasteiger partial charge in [0.05, 0.1) is 11.2 Å². The molecule has 2 aromatic rings. The summed E-state index contributed by atoms with van der Waals surface area (Å²) < 4.78 is 0. The summed E-state index contributed by atoms with van der Waals surface area (Å²) in [6, 6.07) is 6.19. The van der Waals surface area contributed by atoms with Crippen LogP contribution in [0.25, 0.3) is 16.6 Å². The molecule has 1 atom stereocenters. The highest BCUT2D eigenvalue weighted by Gasteiger charge is 2.16. The number of hydrogen-bond acceptors (Lipinski definition) is 3. The summed E-state index contributed by atoms with van der Waals surface area (Å²) in [4.78, 5) is 12.9. The molecular weight excluding hydrogens is 246 g/mol. The largest absolute Gasteiger partial charge is 0.260 e. The lowest BCUT2D eigenvalue weighted by molar-refractivity contribution is 0.841. The van der Waals surface area contributed by atoms with Crippen molar-refractivity contribution in [3.05, 3.63) is 66.2 Å². The third-order valence-corrected chi connectivity index (χ3v) is 3.74. The molecule has 0 radical (unpaired) electrons. The van der Waals surface area contributed by atoms with E-state index in [-0.39, 0.29) is 0 Å². The van der Waals surface area contributed by atoms with Crippen LogP contribution in [0, 0.1) is 5.92 Å². The van der Waals surface area contributed by atoms with Gasteiger partial charge in [0.25, 0.3) is 0 Å². The number of benzene rings is 1. The Morgan fingerprint density at radius 3 is 3.20 bits per heavy atom. The number of aliphatic imine (C=N–C) groups is 1. The minimum Gasteiger partial charge on any atom is -0.260 e. The Bertz CT molecular complexity index is 797. The van der Waals surface area contributed by atoms with E-state index in [0.717, 1.165) is 28.6 Å². The van der Waals surface area contributed by atoms with E-state index < -0.39 is 0 Å². The van der Waals surface area contributed by atoms with Gasteiger partial charge in [0.2, 0.25) is 0 Å². The molecule has 1 unspecified atom stereocenters. The van der Waals surface area contributed by atoms with E-state index in [1.807, 2.05) is 12.3 Å². The minimum atomic E-state index is 0.437. The average Bonchev–Trinajstić information content (AvgIpc) is 2.54. The van der Waals surface area contributed by atoms with Gasteiger partial charge in [0, 0.05) is 29.3 Å². The zero-order valence-corrected chi connectivity index (χ0v) is 10.9. The molecule has 2 heterocycles. The number of rotatable bonds is 1. The van der Waals surface area contributed by atoms with Gasteiger partial charge in [-0.15, -0.1) is 0 Å². The van der Waals surface area contributed by atoms with Crippen LogP contribution in [0.2, 0.25) is 0 Å². The molecular formula is C17H13N3. The molecule has 0 saturated heterocycles. The van der Waals surface area contributed by atoms with Crippen molar-refractivity contribution in [2.75, 3.05) is 0 Å². The third-order valence-electron chi connectivity index (χ3n) is 3.74. The number of fused-ring (bicyclic) bond motifs is 2. The standard InChI is InChI=1S/C17H13N3/c1-2-4-14-10-19-16(7-12(14)3-1)13-5-6-15-9-18-11-20-17(15)8-13/h1-3,5-11,14H,4H2. The van der Waals surface area contributed by atoms with Crippen LogP contribution in [0.3, 0.4) is 0 Å². The summed E-state index contributed by atoms with van der Waals surface area (Å²) in [6.45, 7) is 0. The SMILES string of the molecule is C1=CCC2C=NC(c3ccc4cncnc4c3)=CC2=C1. The summed E-state index contributed by atoms with van der Waals surface area (Å²) >= 11 is 0. The molecule has 2 aliphatic rings. The van der Waals surface area contributed by atoms with E-state index in [1.54, 1.807) is 6.33 Å². The maximum Gasteiger partial charge on any atom is 0.116 e. The molecule has 1 aliphatic heterocycles. The Hall–Kier alpha value is -2.55. The van der Waals surface area contributed by atoms with Gasteiger partial charge in [-0.2, -0.15) is 0 Å². The van der Waals surface area contributed by atoms with E-state index in [4.69, 9.17) is 0 Å². The second kappa shape index (κ2) is 4.53. The molecule has 1 aliphatic carbocycles. The monoisotopic (exact) mass is 259 g/mol. The molecule has 1 aromatic carbocycles. The second-order valence-corrected chi connectivity index (χ2v) is 5.04. The van der Waals surface area contributed by atoms with Gasteiger partial charge in [0.15, 0.2) is 0 Å². The molecule has 1 aromatic heterocycles. The molecule has 0 amide bonds. The highest BCUT2D eigenvalue weighted by molar-refractivity contribution is 5.87. The molecule has 0 spiro atoms. The zero-order chi connectivity index (χ0) is 13.4. The molecule has 96 valence electrons. The fourth-order valence-electron chi connectivity index (χ4n) is 2.62. The van der Waals surface area contributed by atoms with Crippen LogP contribution in [0.4, 0.5) is 0 Å². The Morgan fingerprint density at radius 1 is 1.20 bits per heavy atom. The van der Waals surface area contributed by atoms with Gasteiger partial charge in [-0.25, -0.2) is 9.97 Å². The topological polar surface area (TPSA) is 38.1 Å². The number of allylic oxidation sites excluding steroid dienone is 5. The van der Waals surface area contributed by atoms with Crippen molar-refractivity contribution >= 4 is 22.8 Å². The first-order valence-corrected chi connectivity index (χ1v) is 6.73. The van der Waals surface area contributed by atoms with Crippen LogP contribution in [-0.4, -0.2) is 16.2 Å². The summed E-state index contributed by atoms with van der Waals surface area (Å²) in [5, 5.41) is 1.05. The smallest absolute Gasteiger partial charge is 0.116 e. The fraction of sp³-hybridized carbons (Fsp3) is 0.118. The first-order chi connectivity index (χ1) is 9.90. The first kappa shape index (κ1) is 11.3. The molecule has 0 saturated carbocycles. The maximum atomic E-state index is 4.61. The van der Waals surface area contributed by atoms with E-state index >= 15 is 0 Å². The predicted octanol–water partition coefficient (Wildman–Crippen LogP) is 3.56. The number of nitrogens with zero attached hydrogens (tertiary/aromatic N) is 3. The van der Waals surface area contributed by atoms with Gasteiger partial charge in [-0.3, -0.25) is 4.99 Å². The molecule has 4 rings (SSSR count). The van der Waals surface area contributed by atoms with Crippen LogP contribution >= 0.6 is 0 Å². The van der Waals surface area contributed by atoms with Crippen LogP contribution in [0.1, 0.15) is 12.0 Å². The summed E-state index contributed by atoms with van der Waals surface area (Å²) in [5.74, 6) is 0.437. The van der Waals surface area contributed by atoms with Crippen molar-refractivity contribution in [3.63, 3.8) is 0 Å². The van der Waals surface area contributed by atoms with Crippen LogP contribution in [0.5, 0.6) is 0 Å². The van der Waals surface area contributed by atoms with Crippen LogP contribution in [-0.2, 0) is 0 Å². The Balaban J connectivity index is 1.79. The lowest BCUT2D eigenvalue weighted by Gasteiger charge is -2.19. The first-order valence-electron chi connectivity index (χ1n) is 6.73. The second-order valence-electron chi connectivity index (χ2n) is 5.04. The quantitative estimate of drug-likeness (QED) is 0.785. The van der Waals surface area contributed by atoms with Gasteiger partial charge >= 0.3 is 0 Å². The van der Waals surface area contributed by atoms with E-state index in [0.29, 0.717) is 5.92 Å². The van der Waals surface area contributed by atoms with E-state index in [2.05, 4.69) is 57.6 Å². The fourth-order valence-corrected chi connectivity index (χ4v) is 2.62. The normalized spacial score (nSPS) is 20.5. The van der Waals surface area contributed by atoms with Gasteiger partial charge in [-0.05, 0) is 24.1 Å². The summed E-state index contributed by atoms with van der Waals surface area (Å²) in [5.41, 5.74) is 4.39. The van der Waals surface area contributed by atoms with Gasteiger partial charge in [0.1, 0.15) is 6.33 Å². The lowest BCUT2D eigenvalue weighted by atomic mass is 9.89. The Morgan fingerprint density at radius 2 is 2.20 bits per heavy atom. The molecule has 3 heteroatoms.